The van der Waals surface area contributed by atoms with Crippen LogP contribution in [0.1, 0.15) is 16.7 Å². The number of benzene rings is 2. The van der Waals surface area contributed by atoms with Gasteiger partial charge in [-0.25, -0.2) is 0 Å². The Kier molecular flexibility index (Phi) is 3.28. The second kappa shape index (κ2) is 4.73. The molecule has 0 aromatic heterocycles. The molecule has 0 aliphatic heterocycles. The Hall–Kier alpha value is -1.96. The summed E-state index contributed by atoms with van der Waals surface area (Å²) in [6, 6.07) is 10.3. The molecular weight excluding hydrogens is 222 g/mol. The van der Waals surface area contributed by atoms with Crippen molar-refractivity contribution in [3.05, 3.63) is 47.0 Å². The molecule has 94 valence electrons. The van der Waals surface area contributed by atoms with E-state index in [0.29, 0.717) is 0 Å². The van der Waals surface area contributed by atoms with E-state index in [1.54, 1.807) is 7.11 Å². The van der Waals surface area contributed by atoms with Crippen LogP contribution < -0.4 is 10.5 Å². The van der Waals surface area contributed by atoms with Crippen molar-refractivity contribution in [1.82, 2.24) is 0 Å². The monoisotopic (exact) mass is 241 g/mol. The van der Waals surface area contributed by atoms with Gasteiger partial charge in [-0.05, 0) is 72.9 Å². The average Bonchev–Trinajstić information content (AvgIpc) is 2.28. The van der Waals surface area contributed by atoms with Gasteiger partial charge in [0.05, 0.1) is 7.11 Å². The second-order valence-electron chi connectivity index (χ2n) is 4.72. The Morgan fingerprint density at radius 2 is 1.50 bits per heavy atom. The number of methoxy groups -OCH3 is 1. The van der Waals surface area contributed by atoms with Crippen molar-refractivity contribution in [2.75, 3.05) is 12.8 Å². The highest BCUT2D eigenvalue weighted by Crippen LogP contribution is 2.32. The van der Waals surface area contributed by atoms with Crippen molar-refractivity contribution in [2.24, 2.45) is 0 Å². The SMILES string of the molecule is COc1c(C)cc(-c2ccc(N)cc2C)cc1C. The summed E-state index contributed by atoms with van der Waals surface area (Å²) in [5, 5.41) is 0. The molecule has 2 nitrogen and oxygen atoms in total. The molecule has 0 saturated heterocycles. The molecule has 18 heavy (non-hydrogen) atoms. The van der Waals surface area contributed by atoms with Gasteiger partial charge in [0.1, 0.15) is 5.75 Å². The predicted molar refractivity (Wildman–Crippen MR) is 77.1 cm³/mol. The summed E-state index contributed by atoms with van der Waals surface area (Å²) in [5.74, 6) is 0.965. The number of ether oxygens (including phenoxy) is 1. The molecule has 0 bridgehead atoms. The quantitative estimate of drug-likeness (QED) is 0.810. The topological polar surface area (TPSA) is 35.2 Å². The highest BCUT2D eigenvalue weighted by molar-refractivity contribution is 5.72. The molecule has 0 fully saturated rings. The molecule has 0 atom stereocenters. The molecular formula is C16H19NO. The summed E-state index contributed by atoms with van der Waals surface area (Å²) < 4.78 is 5.40. The summed E-state index contributed by atoms with van der Waals surface area (Å²) >= 11 is 0. The minimum Gasteiger partial charge on any atom is -0.496 e. The van der Waals surface area contributed by atoms with Crippen LogP contribution in [0, 0.1) is 20.8 Å². The number of hydrogen-bond acceptors (Lipinski definition) is 2. The molecule has 2 aromatic carbocycles. The highest BCUT2D eigenvalue weighted by atomic mass is 16.5. The van der Waals surface area contributed by atoms with E-state index >= 15 is 0 Å². The van der Waals surface area contributed by atoms with E-state index in [9.17, 15) is 0 Å². The van der Waals surface area contributed by atoms with Crippen LogP contribution in [0.25, 0.3) is 11.1 Å². The van der Waals surface area contributed by atoms with Gasteiger partial charge in [0.2, 0.25) is 0 Å². The smallest absolute Gasteiger partial charge is 0.124 e. The van der Waals surface area contributed by atoms with Crippen molar-refractivity contribution < 1.29 is 4.74 Å². The Bertz CT molecular complexity index is 565. The van der Waals surface area contributed by atoms with E-state index < -0.39 is 0 Å². The molecule has 0 amide bonds. The van der Waals surface area contributed by atoms with Crippen molar-refractivity contribution in [2.45, 2.75) is 20.8 Å². The molecule has 0 radical (unpaired) electrons. The zero-order chi connectivity index (χ0) is 13.3. The Morgan fingerprint density at radius 1 is 0.889 bits per heavy atom. The zero-order valence-electron chi connectivity index (χ0n) is 11.4. The molecule has 0 heterocycles. The molecule has 0 aliphatic rings. The summed E-state index contributed by atoms with van der Waals surface area (Å²) in [4.78, 5) is 0. The zero-order valence-corrected chi connectivity index (χ0v) is 11.4. The predicted octanol–water partition coefficient (Wildman–Crippen LogP) is 3.87. The largest absolute Gasteiger partial charge is 0.496 e. The lowest BCUT2D eigenvalue weighted by molar-refractivity contribution is 0.408. The third-order valence-electron chi connectivity index (χ3n) is 3.23. The van der Waals surface area contributed by atoms with E-state index in [1.807, 2.05) is 12.1 Å². The van der Waals surface area contributed by atoms with E-state index in [4.69, 9.17) is 10.5 Å². The van der Waals surface area contributed by atoms with Gasteiger partial charge in [-0.1, -0.05) is 6.07 Å². The summed E-state index contributed by atoms with van der Waals surface area (Å²) in [6.07, 6.45) is 0. The molecule has 2 aromatic rings. The Labute approximate surface area is 108 Å². The second-order valence-corrected chi connectivity index (χ2v) is 4.72. The van der Waals surface area contributed by atoms with Crippen LogP contribution in [-0.4, -0.2) is 7.11 Å². The van der Waals surface area contributed by atoms with Crippen molar-refractivity contribution >= 4 is 5.69 Å². The molecule has 2 heteroatoms. The molecule has 2 N–H and O–H groups in total. The maximum absolute atomic E-state index is 5.79. The third kappa shape index (κ3) is 2.19. The number of hydrogen-bond donors (Lipinski definition) is 1. The number of nitrogen functional groups attached to an aromatic ring is 1. The van der Waals surface area contributed by atoms with Crippen molar-refractivity contribution in [3.63, 3.8) is 0 Å². The van der Waals surface area contributed by atoms with Gasteiger partial charge < -0.3 is 10.5 Å². The first-order chi connectivity index (χ1) is 8.52. The van der Waals surface area contributed by atoms with Crippen LogP contribution in [0.3, 0.4) is 0 Å². The number of rotatable bonds is 2. The van der Waals surface area contributed by atoms with Gasteiger partial charge in [-0.3, -0.25) is 0 Å². The minimum atomic E-state index is 0.804. The van der Waals surface area contributed by atoms with Gasteiger partial charge in [0, 0.05) is 5.69 Å². The number of nitrogens with two attached hydrogens (primary N) is 1. The molecule has 2 rings (SSSR count). The summed E-state index contributed by atoms with van der Waals surface area (Å²) in [7, 11) is 1.71. The van der Waals surface area contributed by atoms with Gasteiger partial charge in [-0.15, -0.1) is 0 Å². The molecule has 0 saturated carbocycles. The fourth-order valence-electron chi connectivity index (χ4n) is 2.44. The van der Waals surface area contributed by atoms with Crippen LogP contribution in [-0.2, 0) is 0 Å². The van der Waals surface area contributed by atoms with Crippen molar-refractivity contribution in [1.29, 1.82) is 0 Å². The summed E-state index contributed by atoms with van der Waals surface area (Å²) in [5.41, 5.74) is 12.5. The van der Waals surface area contributed by atoms with Crippen LogP contribution >= 0.6 is 0 Å². The molecule has 0 aliphatic carbocycles. The van der Waals surface area contributed by atoms with Gasteiger partial charge in [0.15, 0.2) is 0 Å². The normalized spacial score (nSPS) is 10.4. The fourth-order valence-corrected chi connectivity index (χ4v) is 2.44. The van der Waals surface area contributed by atoms with Gasteiger partial charge >= 0.3 is 0 Å². The van der Waals surface area contributed by atoms with Crippen molar-refractivity contribution in [3.8, 4) is 16.9 Å². The average molecular weight is 241 g/mol. The van der Waals surface area contributed by atoms with Crippen LogP contribution in [0.5, 0.6) is 5.75 Å². The van der Waals surface area contributed by atoms with E-state index in [0.717, 1.165) is 22.6 Å². The minimum absolute atomic E-state index is 0.804. The van der Waals surface area contributed by atoms with E-state index in [2.05, 4.69) is 39.0 Å². The lowest BCUT2D eigenvalue weighted by atomic mass is 9.96. The first-order valence-corrected chi connectivity index (χ1v) is 6.04. The lowest BCUT2D eigenvalue weighted by Crippen LogP contribution is -1.94. The Balaban J connectivity index is 2.58. The maximum Gasteiger partial charge on any atom is 0.124 e. The first-order valence-electron chi connectivity index (χ1n) is 6.04. The van der Waals surface area contributed by atoms with Crippen LogP contribution in [0.2, 0.25) is 0 Å². The number of anilines is 1. The van der Waals surface area contributed by atoms with Gasteiger partial charge in [0.25, 0.3) is 0 Å². The van der Waals surface area contributed by atoms with E-state index in [1.165, 1.54) is 16.7 Å². The van der Waals surface area contributed by atoms with Crippen LogP contribution in [0.15, 0.2) is 30.3 Å². The first kappa shape index (κ1) is 12.5. The molecule has 0 spiro atoms. The standard InChI is InChI=1S/C16H19NO/c1-10-9-14(17)5-6-15(10)13-7-11(2)16(18-4)12(3)8-13/h5-9H,17H2,1-4H3. The fraction of sp³-hybridized carbons (Fsp3) is 0.250. The Morgan fingerprint density at radius 3 is 2.00 bits per heavy atom. The lowest BCUT2D eigenvalue weighted by Gasteiger charge is -2.13. The summed E-state index contributed by atoms with van der Waals surface area (Å²) in [6.45, 7) is 6.23. The third-order valence-corrected chi connectivity index (χ3v) is 3.23. The maximum atomic E-state index is 5.79. The number of aryl methyl sites for hydroxylation is 3. The van der Waals surface area contributed by atoms with Gasteiger partial charge in [-0.2, -0.15) is 0 Å². The molecule has 0 unspecified atom stereocenters. The van der Waals surface area contributed by atoms with Crippen LogP contribution in [0.4, 0.5) is 5.69 Å². The highest BCUT2D eigenvalue weighted by Gasteiger charge is 2.08. The van der Waals surface area contributed by atoms with E-state index in [-0.39, 0.29) is 0 Å².